The Hall–Kier alpha value is -0.780. The first-order valence-corrected chi connectivity index (χ1v) is 9.79. The van der Waals surface area contributed by atoms with Gasteiger partial charge < -0.3 is 0 Å². The number of hydrogen-bond acceptors (Lipinski definition) is 0. The fourth-order valence-electron chi connectivity index (χ4n) is 4.25. The maximum atomic E-state index is 2.36. The van der Waals surface area contributed by atoms with Crippen molar-refractivity contribution in [3.05, 3.63) is 35.4 Å². The zero-order valence-corrected chi connectivity index (χ0v) is 15.1. The summed E-state index contributed by atoms with van der Waals surface area (Å²) < 4.78 is 0. The molecule has 124 valence electrons. The molecule has 1 atom stereocenters. The van der Waals surface area contributed by atoms with Gasteiger partial charge in [0.05, 0.1) is 0 Å². The lowest BCUT2D eigenvalue weighted by Gasteiger charge is -2.28. The summed E-state index contributed by atoms with van der Waals surface area (Å²) in [5.74, 6) is 2.86. The Morgan fingerprint density at radius 3 is 2.14 bits per heavy atom. The molecule has 0 aromatic heterocycles. The van der Waals surface area contributed by atoms with Crippen LogP contribution in [0.2, 0.25) is 0 Å². The summed E-state index contributed by atoms with van der Waals surface area (Å²) in [6.07, 6.45) is 14.4. The first kappa shape index (κ1) is 17.6. The second-order valence-corrected chi connectivity index (χ2v) is 7.62. The second kappa shape index (κ2) is 9.38. The average Bonchev–Trinajstić information content (AvgIpc) is 2.55. The van der Waals surface area contributed by atoms with Crippen molar-refractivity contribution in [3.8, 4) is 0 Å². The van der Waals surface area contributed by atoms with Gasteiger partial charge in [-0.2, -0.15) is 0 Å². The Morgan fingerprint density at radius 2 is 1.55 bits per heavy atom. The monoisotopic (exact) mass is 300 g/mol. The summed E-state index contributed by atoms with van der Waals surface area (Å²) in [4.78, 5) is 0. The largest absolute Gasteiger partial charge is 0.0654 e. The van der Waals surface area contributed by atoms with E-state index in [0.717, 1.165) is 17.8 Å². The van der Waals surface area contributed by atoms with Crippen molar-refractivity contribution in [2.75, 3.05) is 0 Å². The molecule has 0 aliphatic heterocycles. The lowest BCUT2D eigenvalue weighted by molar-refractivity contribution is 0.252. The molecule has 0 amide bonds. The molecule has 22 heavy (non-hydrogen) atoms. The molecule has 0 bridgehead atoms. The standard InChI is InChI=1S/C22H36/c1-4-7-21(22-16-10-18(3)11-17-22)9-6-8-20-14-12-19(5-2)13-15-20/h10-11,16-17,19-21H,4-9,12-15H2,1-3H3. The van der Waals surface area contributed by atoms with E-state index in [1.807, 2.05) is 0 Å². The van der Waals surface area contributed by atoms with Crippen LogP contribution in [0.5, 0.6) is 0 Å². The minimum absolute atomic E-state index is 0.789. The third-order valence-electron chi connectivity index (χ3n) is 5.89. The molecule has 0 heteroatoms. The number of hydrogen-bond donors (Lipinski definition) is 0. The summed E-state index contributed by atoms with van der Waals surface area (Å²) in [7, 11) is 0. The van der Waals surface area contributed by atoms with Gasteiger partial charge in [0.15, 0.2) is 0 Å². The Kier molecular flexibility index (Phi) is 7.49. The van der Waals surface area contributed by atoms with Crippen LogP contribution >= 0.6 is 0 Å². The molecule has 1 aliphatic carbocycles. The van der Waals surface area contributed by atoms with Gasteiger partial charge in [0.25, 0.3) is 0 Å². The third kappa shape index (κ3) is 5.45. The molecule has 1 aromatic rings. The van der Waals surface area contributed by atoms with Gasteiger partial charge in [-0.1, -0.05) is 95.0 Å². The summed E-state index contributed by atoms with van der Waals surface area (Å²) in [5, 5.41) is 0. The summed E-state index contributed by atoms with van der Waals surface area (Å²) in [6, 6.07) is 9.29. The van der Waals surface area contributed by atoms with Crippen molar-refractivity contribution in [1.29, 1.82) is 0 Å². The number of aryl methyl sites for hydroxylation is 1. The van der Waals surface area contributed by atoms with E-state index >= 15 is 0 Å². The van der Waals surface area contributed by atoms with E-state index < -0.39 is 0 Å². The zero-order chi connectivity index (χ0) is 15.8. The van der Waals surface area contributed by atoms with Crippen LogP contribution in [-0.2, 0) is 0 Å². The number of rotatable bonds is 8. The van der Waals surface area contributed by atoms with Crippen molar-refractivity contribution in [2.24, 2.45) is 11.8 Å². The highest BCUT2D eigenvalue weighted by Crippen LogP contribution is 2.35. The van der Waals surface area contributed by atoms with Gasteiger partial charge in [0.2, 0.25) is 0 Å². The molecule has 2 rings (SSSR count). The maximum absolute atomic E-state index is 2.36. The molecular formula is C22H36. The van der Waals surface area contributed by atoms with E-state index in [2.05, 4.69) is 45.0 Å². The lowest BCUT2D eigenvalue weighted by atomic mass is 9.78. The summed E-state index contributed by atoms with van der Waals surface area (Å²) in [5.41, 5.74) is 2.95. The summed E-state index contributed by atoms with van der Waals surface area (Å²) >= 11 is 0. The van der Waals surface area contributed by atoms with Crippen molar-refractivity contribution >= 4 is 0 Å². The van der Waals surface area contributed by atoms with Crippen LogP contribution < -0.4 is 0 Å². The fraction of sp³-hybridized carbons (Fsp3) is 0.727. The van der Waals surface area contributed by atoms with E-state index in [9.17, 15) is 0 Å². The Labute approximate surface area is 138 Å². The molecule has 1 fully saturated rings. The van der Waals surface area contributed by atoms with Crippen molar-refractivity contribution in [1.82, 2.24) is 0 Å². The van der Waals surface area contributed by atoms with Gasteiger partial charge in [0, 0.05) is 0 Å². The molecule has 1 aromatic carbocycles. The first-order chi connectivity index (χ1) is 10.7. The van der Waals surface area contributed by atoms with Crippen molar-refractivity contribution < 1.29 is 0 Å². The van der Waals surface area contributed by atoms with Crippen LogP contribution in [0, 0.1) is 18.8 Å². The molecule has 0 spiro atoms. The molecule has 0 nitrogen and oxygen atoms in total. The highest BCUT2D eigenvalue weighted by atomic mass is 14.3. The molecule has 0 heterocycles. The smallest absolute Gasteiger partial charge is 0.0162 e. The molecular weight excluding hydrogens is 264 g/mol. The first-order valence-electron chi connectivity index (χ1n) is 9.79. The van der Waals surface area contributed by atoms with Gasteiger partial charge in [0.1, 0.15) is 0 Å². The minimum atomic E-state index is 0.789. The van der Waals surface area contributed by atoms with E-state index in [1.165, 1.54) is 69.8 Å². The van der Waals surface area contributed by atoms with Gasteiger partial charge in [-0.05, 0) is 43.1 Å². The predicted molar refractivity (Wildman–Crippen MR) is 98.4 cm³/mol. The highest BCUT2D eigenvalue weighted by Gasteiger charge is 2.20. The minimum Gasteiger partial charge on any atom is -0.0654 e. The SMILES string of the molecule is CCCC(CCCC1CCC(CC)CC1)c1ccc(C)cc1. The van der Waals surface area contributed by atoms with Gasteiger partial charge in [-0.25, -0.2) is 0 Å². The quantitative estimate of drug-likeness (QED) is 0.473. The van der Waals surface area contributed by atoms with Crippen LogP contribution in [0.15, 0.2) is 24.3 Å². The lowest BCUT2D eigenvalue weighted by Crippen LogP contribution is -2.14. The molecule has 1 aliphatic rings. The van der Waals surface area contributed by atoms with Crippen molar-refractivity contribution in [3.63, 3.8) is 0 Å². The summed E-state index contributed by atoms with van der Waals surface area (Å²) in [6.45, 7) is 6.88. The fourth-order valence-corrected chi connectivity index (χ4v) is 4.25. The third-order valence-corrected chi connectivity index (χ3v) is 5.89. The zero-order valence-electron chi connectivity index (χ0n) is 15.1. The topological polar surface area (TPSA) is 0 Å². The van der Waals surface area contributed by atoms with Gasteiger partial charge in [-0.15, -0.1) is 0 Å². The van der Waals surface area contributed by atoms with E-state index in [-0.39, 0.29) is 0 Å². The molecule has 1 unspecified atom stereocenters. The van der Waals surface area contributed by atoms with Crippen LogP contribution in [0.3, 0.4) is 0 Å². The Morgan fingerprint density at radius 1 is 0.909 bits per heavy atom. The highest BCUT2D eigenvalue weighted by molar-refractivity contribution is 5.24. The molecule has 0 saturated heterocycles. The van der Waals surface area contributed by atoms with Crippen LogP contribution in [-0.4, -0.2) is 0 Å². The second-order valence-electron chi connectivity index (χ2n) is 7.62. The molecule has 1 saturated carbocycles. The van der Waals surface area contributed by atoms with E-state index in [4.69, 9.17) is 0 Å². The Balaban J connectivity index is 1.76. The van der Waals surface area contributed by atoms with Gasteiger partial charge in [-0.3, -0.25) is 0 Å². The molecule has 0 radical (unpaired) electrons. The van der Waals surface area contributed by atoms with Crippen LogP contribution in [0.25, 0.3) is 0 Å². The van der Waals surface area contributed by atoms with Crippen molar-refractivity contribution in [2.45, 2.75) is 90.9 Å². The average molecular weight is 301 g/mol. The van der Waals surface area contributed by atoms with Crippen LogP contribution in [0.4, 0.5) is 0 Å². The Bertz CT molecular complexity index is 395. The van der Waals surface area contributed by atoms with E-state index in [1.54, 1.807) is 5.56 Å². The van der Waals surface area contributed by atoms with E-state index in [0.29, 0.717) is 0 Å². The van der Waals surface area contributed by atoms with Gasteiger partial charge >= 0.3 is 0 Å². The van der Waals surface area contributed by atoms with Crippen LogP contribution in [0.1, 0.15) is 95.1 Å². The normalized spacial score (nSPS) is 23.4. The number of benzene rings is 1. The predicted octanol–water partition coefficient (Wildman–Crippen LogP) is 7.27. The maximum Gasteiger partial charge on any atom is -0.0162 e. The molecule has 0 N–H and O–H groups in total.